The van der Waals surface area contributed by atoms with E-state index >= 15 is 0 Å². The van der Waals surface area contributed by atoms with Gasteiger partial charge in [0.05, 0.1) is 5.69 Å². The predicted octanol–water partition coefficient (Wildman–Crippen LogP) is 1.66. The summed E-state index contributed by atoms with van der Waals surface area (Å²) in [6.45, 7) is 6.61. The zero-order valence-electron chi connectivity index (χ0n) is 11.0. The lowest BCUT2D eigenvalue weighted by atomic mass is 10.0. The summed E-state index contributed by atoms with van der Waals surface area (Å²) in [5.74, 6) is 0.447. The van der Waals surface area contributed by atoms with Crippen molar-refractivity contribution in [3.8, 4) is 0 Å². The molecule has 0 aliphatic heterocycles. The zero-order valence-corrected chi connectivity index (χ0v) is 11.0. The molecular weight excluding hydrogens is 214 g/mol. The maximum Gasteiger partial charge on any atom is 0.253 e. The van der Waals surface area contributed by atoms with E-state index in [1.54, 1.807) is 23.2 Å². The number of nitrogens with zero attached hydrogens (tertiary/aromatic N) is 2. The fourth-order valence-electron chi connectivity index (χ4n) is 1.56. The molecule has 1 heterocycles. The van der Waals surface area contributed by atoms with E-state index in [4.69, 9.17) is 5.73 Å². The van der Waals surface area contributed by atoms with Crippen LogP contribution in [-0.4, -0.2) is 28.9 Å². The second-order valence-corrected chi connectivity index (χ2v) is 4.64. The lowest BCUT2D eigenvalue weighted by Gasteiger charge is -2.28. The molecule has 0 aliphatic rings. The summed E-state index contributed by atoms with van der Waals surface area (Å²) in [6.07, 6.45) is 1.63. The third kappa shape index (κ3) is 3.27. The predicted molar refractivity (Wildman–Crippen MR) is 68.5 cm³/mol. The third-order valence-electron chi connectivity index (χ3n) is 3.17. The topological polar surface area (TPSA) is 59.2 Å². The molecule has 1 rings (SSSR count). The first-order valence-electron chi connectivity index (χ1n) is 5.89. The summed E-state index contributed by atoms with van der Waals surface area (Å²) < 4.78 is 0. The summed E-state index contributed by atoms with van der Waals surface area (Å²) >= 11 is 0. The first kappa shape index (κ1) is 13.6. The average Bonchev–Trinajstić information content (AvgIpc) is 2.36. The van der Waals surface area contributed by atoms with Crippen molar-refractivity contribution < 1.29 is 4.79 Å². The van der Waals surface area contributed by atoms with Crippen LogP contribution in [0.5, 0.6) is 0 Å². The standard InChI is InChI=1S/C13H21N3O/c1-9(2)10(3)16(4)13(17)11-5-6-15-12(7-11)8-14/h5-7,9-10H,8,14H2,1-4H3. The van der Waals surface area contributed by atoms with Gasteiger partial charge in [0, 0.05) is 31.4 Å². The Bertz CT molecular complexity index is 390. The monoisotopic (exact) mass is 235 g/mol. The summed E-state index contributed by atoms with van der Waals surface area (Å²) in [7, 11) is 1.83. The van der Waals surface area contributed by atoms with E-state index in [9.17, 15) is 4.79 Å². The fraction of sp³-hybridized carbons (Fsp3) is 0.538. The van der Waals surface area contributed by atoms with Gasteiger partial charge in [-0.2, -0.15) is 0 Å². The molecule has 1 unspecified atom stereocenters. The van der Waals surface area contributed by atoms with Crippen molar-refractivity contribution in [2.45, 2.75) is 33.4 Å². The Labute approximate surface area is 103 Å². The van der Waals surface area contributed by atoms with Crippen LogP contribution >= 0.6 is 0 Å². The minimum Gasteiger partial charge on any atom is -0.339 e. The molecule has 0 saturated carbocycles. The molecule has 17 heavy (non-hydrogen) atoms. The maximum absolute atomic E-state index is 12.2. The Balaban J connectivity index is 2.88. The number of pyridine rings is 1. The second kappa shape index (κ2) is 5.77. The number of rotatable bonds is 4. The lowest BCUT2D eigenvalue weighted by Crippen LogP contribution is -2.38. The highest BCUT2D eigenvalue weighted by atomic mass is 16.2. The largest absolute Gasteiger partial charge is 0.339 e. The molecule has 2 N–H and O–H groups in total. The molecule has 1 aromatic rings. The Kier molecular flexibility index (Phi) is 4.63. The molecule has 0 bridgehead atoms. The van der Waals surface area contributed by atoms with Gasteiger partial charge in [0.25, 0.3) is 5.91 Å². The van der Waals surface area contributed by atoms with Crippen LogP contribution in [0.1, 0.15) is 36.8 Å². The number of hydrogen-bond acceptors (Lipinski definition) is 3. The van der Waals surface area contributed by atoms with Crippen molar-refractivity contribution in [1.82, 2.24) is 9.88 Å². The van der Waals surface area contributed by atoms with Crippen LogP contribution in [0.15, 0.2) is 18.3 Å². The smallest absolute Gasteiger partial charge is 0.253 e. The first-order valence-corrected chi connectivity index (χ1v) is 5.89. The van der Waals surface area contributed by atoms with Gasteiger partial charge in [0.15, 0.2) is 0 Å². The van der Waals surface area contributed by atoms with E-state index in [0.717, 1.165) is 5.69 Å². The van der Waals surface area contributed by atoms with Crippen molar-refractivity contribution in [3.63, 3.8) is 0 Å². The molecule has 1 aromatic heterocycles. The molecular formula is C13H21N3O. The molecule has 1 atom stereocenters. The van der Waals surface area contributed by atoms with E-state index in [2.05, 4.69) is 18.8 Å². The molecule has 0 saturated heterocycles. The zero-order chi connectivity index (χ0) is 13.0. The molecule has 0 radical (unpaired) electrons. The Morgan fingerprint density at radius 1 is 1.47 bits per heavy atom. The maximum atomic E-state index is 12.2. The van der Waals surface area contributed by atoms with Gasteiger partial charge in [-0.25, -0.2) is 0 Å². The number of hydrogen-bond donors (Lipinski definition) is 1. The van der Waals surface area contributed by atoms with Gasteiger partial charge in [0.1, 0.15) is 0 Å². The van der Waals surface area contributed by atoms with Crippen LogP contribution in [0, 0.1) is 5.92 Å². The highest BCUT2D eigenvalue weighted by molar-refractivity contribution is 5.94. The minimum atomic E-state index is 0.0169. The van der Waals surface area contributed by atoms with Crippen molar-refractivity contribution in [2.24, 2.45) is 11.7 Å². The van der Waals surface area contributed by atoms with Gasteiger partial charge in [-0.05, 0) is 25.0 Å². The Morgan fingerprint density at radius 2 is 2.12 bits per heavy atom. The summed E-state index contributed by atoms with van der Waals surface area (Å²) in [5, 5.41) is 0. The number of aromatic nitrogens is 1. The van der Waals surface area contributed by atoms with Crippen molar-refractivity contribution in [3.05, 3.63) is 29.6 Å². The Hall–Kier alpha value is -1.42. The van der Waals surface area contributed by atoms with E-state index in [1.165, 1.54) is 0 Å². The van der Waals surface area contributed by atoms with Crippen LogP contribution in [0.3, 0.4) is 0 Å². The van der Waals surface area contributed by atoms with Crippen LogP contribution in [0.4, 0.5) is 0 Å². The quantitative estimate of drug-likeness (QED) is 0.863. The molecule has 0 aliphatic carbocycles. The third-order valence-corrected chi connectivity index (χ3v) is 3.17. The van der Waals surface area contributed by atoms with Gasteiger partial charge < -0.3 is 10.6 Å². The molecule has 0 aromatic carbocycles. The SMILES string of the molecule is CC(C)C(C)N(C)C(=O)c1ccnc(CN)c1. The highest BCUT2D eigenvalue weighted by Gasteiger charge is 2.19. The molecule has 1 amide bonds. The molecule has 94 valence electrons. The number of carbonyl (C=O) groups excluding carboxylic acids is 1. The molecule has 0 fully saturated rings. The normalized spacial score (nSPS) is 12.6. The van der Waals surface area contributed by atoms with Crippen molar-refractivity contribution >= 4 is 5.91 Å². The summed E-state index contributed by atoms with van der Waals surface area (Å²) in [6, 6.07) is 3.69. The lowest BCUT2D eigenvalue weighted by molar-refractivity contribution is 0.0707. The van der Waals surface area contributed by atoms with Gasteiger partial charge in [-0.1, -0.05) is 13.8 Å². The summed E-state index contributed by atoms with van der Waals surface area (Å²) in [4.78, 5) is 18.1. The summed E-state index contributed by atoms with van der Waals surface area (Å²) in [5.41, 5.74) is 6.90. The minimum absolute atomic E-state index is 0.0169. The van der Waals surface area contributed by atoms with Crippen LogP contribution in [0.25, 0.3) is 0 Å². The van der Waals surface area contributed by atoms with Crippen molar-refractivity contribution in [1.29, 1.82) is 0 Å². The van der Waals surface area contributed by atoms with Gasteiger partial charge >= 0.3 is 0 Å². The van der Waals surface area contributed by atoms with E-state index in [1.807, 2.05) is 14.0 Å². The highest BCUT2D eigenvalue weighted by Crippen LogP contribution is 2.12. The van der Waals surface area contributed by atoms with E-state index in [0.29, 0.717) is 18.0 Å². The van der Waals surface area contributed by atoms with E-state index in [-0.39, 0.29) is 11.9 Å². The Morgan fingerprint density at radius 3 is 2.65 bits per heavy atom. The van der Waals surface area contributed by atoms with Crippen LogP contribution < -0.4 is 5.73 Å². The number of nitrogens with two attached hydrogens (primary N) is 1. The number of amides is 1. The van der Waals surface area contributed by atoms with Gasteiger partial charge in [-0.15, -0.1) is 0 Å². The van der Waals surface area contributed by atoms with E-state index < -0.39 is 0 Å². The average molecular weight is 235 g/mol. The molecule has 4 heteroatoms. The fourth-order valence-corrected chi connectivity index (χ4v) is 1.56. The van der Waals surface area contributed by atoms with Gasteiger partial charge in [-0.3, -0.25) is 9.78 Å². The second-order valence-electron chi connectivity index (χ2n) is 4.64. The van der Waals surface area contributed by atoms with Crippen molar-refractivity contribution in [2.75, 3.05) is 7.05 Å². The molecule has 4 nitrogen and oxygen atoms in total. The molecule has 0 spiro atoms. The first-order chi connectivity index (χ1) is 7.97. The van der Waals surface area contributed by atoms with Gasteiger partial charge in [0.2, 0.25) is 0 Å². The van der Waals surface area contributed by atoms with Crippen LogP contribution in [0.2, 0.25) is 0 Å². The van der Waals surface area contributed by atoms with Crippen LogP contribution in [-0.2, 0) is 6.54 Å². The number of carbonyl (C=O) groups is 1.